The number of aliphatic hydroxyl groups is 1. The third kappa shape index (κ3) is 5.95. The molecule has 0 radical (unpaired) electrons. The minimum absolute atomic E-state index is 0.0567. The third-order valence-corrected chi connectivity index (χ3v) is 1.18. The minimum Gasteiger partial charge on any atom is -0.395 e. The van der Waals surface area contributed by atoms with Crippen LogP contribution in [0.15, 0.2) is 0 Å². The van der Waals surface area contributed by atoms with E-state index in [1.54, 1.807) is 0 Å². The fraction of sp³-hybridized carbons (Fsp3) is 1.00. The van der Waals surface area contributed by atoms with Crippen molar-refractivity contribution in [3.05, 3.63) is 0 Å². The Bertz CT molecular complexity index is 87.9. The predicted molar refractivity (Wildman–Crippen MR) is 32.2 cm³/mol. The van der Waals surface area contributed by atoms with Gasteiger partial charge in [0.25, 0.3) is 0 Å². The lowest BCUT2D eigenvalue weighted by Gasteiger charge is -2.00. The Morgan fingerprint density at radius 3 is 2.89 bits per heavy atom. The molecule has 0 aromatic carbocycles. The van der Waals surface area contributed by atoms with E-state index in [2.05, 4.69) is 14.6 Å². The minimum atomic E-state index is -2.37. The summed E-state index contributed by atoms with van der Waals surface area (Å²) >= 11 is 0. The van der Waals surface area contributed by atoms with Crippen molar-refractivity contribution in [2.45, 2.75) is 0 Å². The molecule has 0 bridgehead atoms. The molecule has 6 heteroatoms. The molecule has 5 nitrogen and oxygen atoms in total. The van der Waals surface area contributed by atoms with Gasteiger partial charge in [0.05, 0.1) is 6.61 Å². The molecule has 0 aromatic rings. The van der Waals surface area contributed by atoms with Crippen LogP contribution in [0.5, 0.6) is 0 Å². The maximum absolute atomic E-state index is 10.3. The summed E-state index contributed by atoms with van der Waals surface area (Å²) in [6, 6.07) is 0. The molecule has 0 amide bonds. The van der Waals surface area contributed by atoms with Gasteiger partial charge in [-0.2, -0.15) is 5.48 Å². The monoisotopic (exact) mass is 155 g/mol. The second-order valence-electron chi connectivity index (χ2n) is 1.17. The predicted octanol–water partition coefficient (Wildman–Crippen LogP) is -0.464. The molecule has 1 atom stereocenters. The largest absolute Gasteiger partial charge is 0.395 e. The van der Waals surface area contributed by atoms with E-state index < -0.39 is 8.25 Å². The molecule has 0 saturated carbocycles. The molecule has 0 rings (SSSR count). The fourth-order valence-electron chi connectivity index (χ4n) is 0.197. The Morgan fingerprint density at radius 2 is 2.44 bits per heavy atom. The number of hydrogen-bond donors (Lipinski definition) is 2. The Balaban J connectivity index is 2.97. The lowest BCUT2D eigenvalue weighted by atomic mass is 10.8. The Hall–Kier alpha value is 0.0700. The van der Waals surface area contributed by atoms with Gasteiger partial charge in [-0.1, -0.05) is 0 Å². The van der Waals surface area contributed by atoms with Crippen LogP contribution in [0.2, 0.25) is 0 Å². The highest BCUT2D eigenvalue weighted by atomic mass is 31.1. The molecule has 2 N–H and O–H groups in total. The number of hydroxylamine groups is 1. The first-order valence-corrected chi connectivity index (χ1v) is 3.62. The lowest BCUT2D eigenvalue weighted by molar-refractivity contribution is 0.147. The van der Waals surface area contributed by atoms with Gasteiger partial charge >= 0.3 is 8.25 Å². The van der Waals surface area contributed by atoms with Crippen LogP contribution in [0.3, 0.4) is 0 Å². The van der Waals surface area contributed by atoms with E-state index in [0.29, 0.717) is 0 Å². The molecule has 0 aliphatic rings. The molecule has 0 aliphatic heterocycles. The summed E-state index contributed by atoms with van der Waals surface area (Å²) in [5.41, 5.74) is 2.24. The fourth-order valence-corrected chi connectivity index (χ4v) is 0.501. The molecule has 1 unspecified atom stereocenters. The van der Waals surface area contributed by atoms with Gasteiger partial charge in [-0.3, -0.25) is 4.57 Å². The van der Waals surface area contributed by atoms with E-state index in [1.165, 1.54) is 7.11 Å². The summed E-state index contributed by atoms with van der Waals surface area (Å²) in [5, 5.41) is 8.18. The summed E-state index contributed by atoms with van der Waals surface area (Å²) in [5.74, 6) is 0. The molecule has 0 aromatic heterocycles. The van der Waals surface area contributed by atoms with Gasteiger partial charge < -0.3 is 9.63 Å². The zero-order chi connectivity index (χ0) is 7.11. The maximum atomic E-state index is 10.3. The first-order chi connectivity index (χ1) is 4.31. The SMILES string of the molecule is CO[PH](=O)ONCCO. The topological polar surface area (TPSA) is 67.8 Å². The zero-order valence-corrected chi connectivity index (χ0v) is 6.09. The van der Waals surface area contributed by atoms with E-state index >= 15 is 0 Å². The normalized spacial score (nSPS) is 13.6. The van der Waals surface area contributed by atoms with Crippen LogP contribution in [0, 0.1) is 0 Å². The number of aliphatic hydroxyl groups excluding tert-OH is 1. The van der Waals surface area contributed by atoms with Crippen molar-refractivity contribution in [1.82, 2.24) is 5.48 Å². The number of hydrogen-bond acceptors (Lipinski definition) is 5. The van der Waals surface area contributed by atoms with Gasteiger partial charge in [0.15, 0.2) is 0 Å². The number of nitrogens with one attached hydrogen (secondary N) is 1. The summed E-state index contributed by atoms with van der Waals surface area (Å²) in [4.78, 5) is 0. The van der Waals surface area contributed by atoms with Crippen LogP contribution >= 0.6 is 8.25 Å². The van der Waals surface area contributed by atoms with E-state index in [0.717, 1.165) is 0 Å². The van der Waals surface area contributed by atoms with Crippen LogP contribution in [0.1, 0.15) is 0 Å². The average Bonchev–Trinajstić information content (AvgIpc) is 1.89. The van der Waals surface area contributed by atoms with Crippen molar-refractivity contribution >= 4 is 8.25 Å². The van der Waals surface area contributed by atoms with Gasteiger partial charge in [0, 0.05) is 13.7 Å². The second-order valence-corrected chi connectivity index (χ2v) is 2.29. The molecule has 56 valence electrons. The van der Waals surface area contributed by atoms with Crippen molar-refractivity contribution in [2.24, 2.45) is 0 Å². The van der Waals surface area contributed by atoms with Crippen LogP contribution in [-0.4, -0.2) is 25.4 Å². The summed E-state index contributed by atoms with van der Waals surface area (Å²) in [7, 11) is -1.09. The molecule has 0 aliphatic carbocycles. The summed E-state index contributed by atoms with van der Waals surface area (Å²) in [6.07, 6.45) is 0. The van der Waals surface area contributed by atoms with Crippen molar-refractivity contribution in [2.75, 3.05) is 20.3 Å². The lowest BCUT2D eigenvalue weighted by Crippen LogP contribution is -2.14. The molecule has 0 heterocycles. The highest BCUT2D eigenvalue weighted by molar-refractivity contribution is 7.33. The highest BCUT2D eigenvalue weighted by Crippen LogP contribution is 2.18. The van der Waals surface area contributed by atoms with Crippen LogP contribution in [-0.2, 0) is 13.7 Å². The average molecular weight is 155 g/mol. The Kier molecular flexibility index (Phi) is 6.24. The van der Waals surface area contributed by atoms with Crippen molar-refractivity contribution < 1.29 is 18.8 Å². The summed E-state index contributed by atoms with van der Waals surface area (Å²) < 4.78 is 18.9. The maximum Gasteiger partial charge on any atom is 0.335 e. The molecule has 9 heavy (non-hydrogen) atoms. The Labute approximate surface area is 53.9 Å². The first-order valence-electron chi connectivity index (χ1n) is 2.39. The first kappa shape index (κ1) is 9.07. The molecule has 0 spiro atoms. The molecular formula is C3H10NO4P. The van der Waals surface area contributed by atoms with E-state index in [9.17, 15) is 4.57 Å². The van der Waals surface area contributed by atoms with Crippen LogP contribution in [0.4, 0.5) is 0 Å². The van der Waals surface area contributed by atoms with Crippen molar-refractivity contribution in [1.29, 1.82) is 0 Å². The van der Waals surface area contributed by atoms with Gasteiger partial charge in [-0.15, -0.1) is 0 Å². The van der Waals surface area contributed by atoms with E-state index in [-0.39, 0.29) is 13.2 Å². The molecule has 0 saturated heterocycles. The van der Waals surface area contributed by atoms with Gasteiger partial charge in [0.2, 0.25) is 0 Å². The molecule has 0 fully saturated rings. The van der Waals surface area contributed by atoms with Gasteiger partial charge in [-0.25, -0.2) is 4.62 Å². The van der Waals surface area contributed by atoms with Crippen molar-refractivity contribution in [3.8, 4) is 0 Å². The third-order valence-electron chi connectivity index (χ3n) is 0.536. The van der Waals surface area contributed by atoms with Gasteiger partial charge in [0.1, 0.15) is 0 Å². The standard InChI is InChI=1S/C3H10NO4P/c1-7-9(6)8-4-2-3-5/h4-5,9H,2-3H2,1H3. The van der Waals surface area contributed by atoms with E-state index in [4.69, 9.17) is 5.11 Å². The molecular weight excluding hydrogens is 145 g/mol. The van der Waals surface area contributed by atoms with Gasteiger partial charge in [-0.05, 0) is 0 Å². The highest BCUT2D eigenvalue weighted by Gasteiger charge is 1.92. The number of rotatable bonds is 5. The van der Waals surface area contributed by atoms with E-state index in [1.807, 2.05) is 0 Å². The van der Waals surface area contributed by atoms with Crippen molar-refractivity contribution in [3.63, 3.8) is 0 Å². The zero-order valence-electron chi connectivity index (χ0n) is 5.09. The quantitative estimate of drug-likeness (QED) is 0.319. The second kappa shape index (κ2) is 6.19. The smallest absolute Gasteiger partial charge is 0.335 e. The van der Waals surface area contributed by atoms with Crippen LogP contribution in [0.25, 0.3) is 0 Å². The van der Waals surface area contributed by atoms with Crippen LogP contribution < -0.4 is 5.48 Å². The Morgan fingerprint density at radius 1 is 1.78 bits per heavy atom. The summed E-state index contributed by atoms with van der Waals surface area (Å²) in [6.45, 7) is 0.193.